The monoisotopic (exact) mass is 268 g/mol. The predicted octanol–water partition coefficient (Wildman–Crippen LogP) is 2.71. The van der Waals surface area contributed by atoms with Crippen molar-refractivity contribution in [2.45, 2.75) is 25.4 Å². The van der Waals surface area contributed by atoms with Crippen molar-refractivity contribution in [2.75, 3.05) is 23.9 Å². The van der Waals surface area contributed by atoms with Crippen LogP contribution in [0.1, 0.15) is 18.4 Å². The van der Waals surface area contributed by atoms with E-state index in [2.05, 4.69) is 39.1 Å². The molecular weight excluding hydrogens is 248 g/mol. The molecule has 20 heavy (non-hydrogen) atoms. The average Bonchev–Trinajstić information content (AvgIpc) is 3.30. The van der Waals surface area contributed by atoms with Gasteiger partial charge < -0.3 is 9.80 Å². The van der Waals surface area contributed by atoms with Crippen LogP contribution in [-0.2, 0) is 6.54 Å². The molecule has 4 heteroatoms. The molecule has 0 unspecified atom stereocenters. The highest BCUT2D eigenvalue weighted by molar-refractivity contribution is 5.44. The summed E-state index contributed by atoms with van der Waals surface area (Å²) in [5.41, 5.74) is 1.30. The van der Waals surface area contributed by atoms with Crippen molar-refractivity contribution < 1.29 is 0 Å². The zero-order valence-corrected chi connectivity index (χ0v) is 12.0. The molecule has 0 bridgehead atoms. The average molecular weight is 268 g/mol. The molecular formula is C16H20N4. The van der Waals surface area contributed by atoms with Crippen molar-refractivity contribution >= 4 is 11.8 Å². The maximum absolute atomic E-state index is 4.67. The van der Waals surface area contributed by atoms with Crippen molar-refractivity contribution in [3.8, 4) is 0 Å². The lowest BCUT2D eigenvalue weighted by Crippen LogP contribution is -2.27. The molecule has 0 N–H and O–H groups in total. The highest BCUT2D eigenvalue weighted by atomic mass is 15.3. The van der Waals surface area contributed by atoms with Crippen molar-refractivity contribution in [1.82, 2.24) is 9.97 Å². The third-order valence-electron chi connectivity index (χ3n) is 3.53. The van der Waals surface area contributed by atoms with E-state index in [1.165, 1.54) is 18.4 Å². The Bertz CT molecular complexity index is 564. The van der Waals surface area contributed by atoms with Crippen LogP contribution in [0.15, 0.2) is 42.6 Å². The first-order valence-electron chi connectivity index (χ1n) is 7.05. The Morgan fingerprint density at radius 2 is 1.85 bits per heavy atom. The molecule has 1 aromatic carbocycles. The highest BCUT2D eigenvalue weighted by Gasteiger charge is 2.31. The predicted molar refractivity (Wildman–Crippen MR) is 82.0 cm³/mol. The van der Waals surface area contributed by atoms with Gasteiger partial charge in [-0.2, -0.15) is 4.98 Å². The molecule has 1 saturated carbocycles. The lowest BCUT2D eigenvalue weighted by Gasteiger charge is -2.23. The summed E-state index contributed by atoms with van der Waals surface area (Å²) < 4.78 is 0. The molecule has 1 aromatic heterocycles. The second-order valence-electron chi connectivity index (χ2n) is 5.45. The Kier molecular flexibility index (Phi) is 3.54. The van der Waals surface area contributed by atoms with Gasteiger partial charge in [0.15, 0.2) is 0 Å². The largest absolute Gasteiger partial charge is 0.363 e. The Hall–Kier alpha value is -2.10. The fourth-order valence-corrected chi connectivity index (χ4v) is 2.26. The number of benzene rings is 1. The normalized spacial score (nSPS) is 14.1. The summed E-state index contributed by atoms with van der Waals surface area (Å²) in [5.74, 6) is 1.79. The first-order valence-corrected chi connectivity index (χ1v) is 7.05. The molecule has 4 nitrogen and oxygen atoms in total. The Morgan fingerprint density at radius 1 is 1.10 bits per heavy atom. The molecule has 1 fully saturated rings. The molecule has 1 aliphatic carbocycles. The summed E-state index contributed by atoms with van der Waals surface area (Å²) in [6.45, 7) is 0.877. The molecule has 3 rings (SSSR count). The maximum Gasteiger partial charge on any atom is 0.227 e. The standard InChI is InChI=1S/C16H20N4/c1-19(2)15-10-11-17-16(18-15)20(14-8-9-14)12-13-6-4-3-5-7-13/h3-7,10-11,14H,8-9,12H2,1-2H3. The minimum absolute atomic E-state index is 0.590. The zero-order valence-electron chi connectivity index (χ0n) is 12.0. The van der Waals surface area contributed by atoms with Crippen LogP contribution in [-0.4, -0.2) is 30.1 Å². The van der Waals surface area contributed by atoms with Crippen LogP contribution in [0, 0.1) is 0 Å². The SMILES string of the molecule is CN(C)c1ccnc(N(Cc2ccccc2)C2CC2)n1. The smallest absolute Gasteiger partial charge is 0.227 e. The van der Waals surface area contributed by atoms with E-state index in [-0.39, 0.29) is 0 Å². The van der Waals surface area contributed by atoms with Gasteiger partial charge in [-0.1, -0.05) is 30.3 Å². The summed E-state index contributed by atoms with van der Waals surface area (Å²) >= 11 is 0. The zero-order chi connectivity index (χ0) is 13.9. The molecule has 0 radical (unpaired) electrons. The minimum atomic E-state index is 0.590. The van der Waals surface area contributed by atoms with Crippen LogP contribution in [0.2, 0.25) is 0 Å². The van der Waals surface area contributed by atoms with Gasteiger partial charge in [-0.25, -0.2) is 4.98 Å². The van der Waals surface area contributed by atoms with Crippen LogP contribution in [0.5, 0.6) is 0 Å². The number of anilines is 2. The fourth-order valence-electron chi connectivity index (χ4n) is 2.26. The summed E-state index contributed by atoms with van der Waals surface area (Å²) in [6, 6.07) is 13.1. The third-order valence-corrected chi connectivity index (χ3v) is 3.53. The van der Waals surface area contributed by atoms with E-state index in [9.17, 15) is 0 Å². The molecule has 0 spiro atoms. The van der Waals surface area contributed by atoms with Crippen LogP contribution < -0.4 is 9.80 Å². The van der Waals surface area contributed by atoms with E-state index < -0.39 is 0 Å². The Labute approximate surface area is 120 Å². The van der Waals surface area contributed by atoms with Gasteiger partial charge in [0.2, 0.25) is 5.95 Å². The van der Waals surface area contributed by atoms with Crippen LogP contribution in [0.3, 0.4) is 0 Å². The summed E-state index contributed by atoms with van der Waals surface area (Å²) in [7, 11) is 4.01. The van der Waals surface area contributed by atoms with Crippen molar-refractivity contribution in [3.63, 3.8) is 0 Å². The molecule has 0 aliphatic heterocycles. The number of hydrogen-bond acceptors (Lipinski definition) is 4. The van der Waals surface area contributed by atoms with E-state index in [1.807, 2.05) is 37.3 Å². The second-order valence-corrected chi connectivity index (χ2v) is 5.45. The lowest BCUT2D eigenvalue weighted by atomic mass is 10.2. The molecule has 0 amide bonds. The summed E-state index contributed by atoms with van der Waals surface area (Å²) in [4.78, 5) is 13.5. The van der Waals surface area contributed by atoms with Crippen molar-refractivity contribution in [2.24, 2.45) is 0 Å². The molecule has 0 saturated heterocycles. The van der Waals surface area contributed by atoms with Gasteiger partial charge in [0, 0.05) is 32.9 Å². The van der Waals surface area contributed by atoms with Gasteiger partial charge in [0.25, 0.3) is 0 Å². The first-order chi connectivity index (χ1) is 9.74. The Balaban J connectivity index is 1.85. The van der Waals surface area contributed by atoms with Gasteiger partial charge in [0.05, 0.1) is 0 Å². The number of hydrogen-bond donors (Lipinski definition) is 0. The van der Waals surface area contributed by atoms with E-state index in [4.69, 9.17) is 0 Å². The third kappa shape index (κ3) is 2.90. The van der Waals surface area contributed by atoms with E-state index in [0.29, 0.717) is 6.04 Å². The molecule has 1 heterocycles. The quantitative estimate of drug-likeness (QED) is 0.834. The molecule has 1 aliphatic rings. The van der Waals surface area contributed by atoms with E-state index >= 15 is 0 Å². The van der Waals surface area contributed by atoms with Gasteiger partial charge in [-0.3, -0.25) is 0 Å². The van der Waals surface area contributed by atoms with Crippen LogP contribution >= 0.6 is 0 Å². The number of nitrogens with zero attached hydrogens (tertiary/aromatic N) is 4. The van der Waals surface area contributed by atoms with Gasteiger partial charge in [0.1, 0.15) is 5.82 Å². The van der Waals surface area contributed by atoms with Gasteiger partial charge in [-0.05, 0) is 24.5 Å². The van der Waals surface area contributed by atoms with E-state index in [0.717, 1.165) is 18.3 Å². The first kappa shape index (κ1) is 12.9. The number of rotatable bonds is 5. The topological polar surface area (TPSA) is 32.3 Å². The van der Waals surface area contributed by atoms with Crippen LogP contribution in [0.25, 0.3) is 0 Å². The van der Waals surface area contributed by atoms with E-state index in [1.54, 1.807) is 0 Å². The Morgan fingerprint density at radius 3 is 2.50 bits per heavy atom. The highest BCUT2D eigenvalue weighted by Crippen LogP contribution is 2.31. The van der Waals surface area contributed by atoms with Crippen molar-refractivity contribution in [1.29, 1.82) is 0 Å². The van der Waals surface area contributed by atoms with Crippen LogP contribution in [0.4, 0.5) is 11.8 Å². The summed E-state index contributed by atoms with van der Waals surface area (Å²) in [6.07, 6.45) is 4.32. The molecule has 0 atom stereocenters. The fraction of sp³-hybridized carbons (Fsp3) is 0.375. The van der Waals surface area contributed by atoms with Gasteiger partial charge in [-0.15, -0.1) is 0 Å². The lowest BCUT2D eigenvalue weighted by molar-refractivity contribution is 0.757. The summed E-state index contributed by atoms with van der Waals surface area (Å²) in [5, 5.41) is 0. The molecule has 2 aromatic rings. The van der Waals surface area contributed by atoms with Crippen molar-refractivity contribution in [3.05, 3.63) is 48.2 Å². The minimum Gasteiger partial charge on any atom is -0.363 e. The maximum atomic E-state index is 4.67. The van der Waals surface area contributed by atoms with Gasteiger partial charge >= 0.3 is 0 Å². The molecule has 104 valence electrons. The number of aromatic nitrogens is 2. The second kappa shape index (κ2) is 5.49.